The van der Waals surface area contributed by atoms with Crippen LogP contribution in [-0.4, -0.2) is 62.5 Å². The Kier molecular flexibility index (Phi) is 10.2. The van der Waals surface area contributed by atoms with Gasteiger partial charge in [-0.1, -0.05) is 12.1 Å². The molecule has 0 aliphatic carbocycles. The van der Waals surface area contributed by atoms with Crippen molar-refractivity contribution in [3.63, 3.8) is 0 Å². The van der Waals surface area contributed by atoms with E-state index in [2.05, 4.69) is 85.5 Å². The van der Waals surface area contributed by atoms with E-state index in [0.717, 1.165) is 33.9 Å². The molecule has 11 nitrogen and oxygen atoms in total. The predicted octanol–water partition coefficient (Wildman–Crippen LogP) is 9.19. The first kappa shape index (κ1) is 33.8. The fraction of sp³-hybridized carbons (Fsp3) is 0.286. The van der Waals surface area contributed by atoms with E-state index in [1.807, 2.05) is 62.4 Å². The summed E-state index contributed by atoms with van der Waals surface area (Å²) in [5.41, 5.74) is 7.54. The number of methoxy groups -OCH3 is 2. The van der Waals surface area contributed by atoms with Crippen LogP contribution in [0.2, 0.25) is 0 Å². The lowest BCUT2D eigenvalue weighted by molar-refractivity contribution is 0.262. The van der Waals surface area contributed by atoms with Crippen molar-refractivity contribution in [3.8, 4) is 11.5 Å². The largest absolute Gasteiger partial charge is 0.494 e. The molecule has 0 atom stereocenters. The summed E-state index contributed by atoms with van der Waals surface area (Å²) >= 11 is 0. The topological polar surface area (TPSA) is 109 Å². The van der Waals surface area contributed by atoms with Gasteiger partial charge in [-0.3, -0.25) is 8.97 Å². The lowest BCUT2D eigenvalue weighted by atomic mass is 10.1. The summed E-state index contributed by atoms with van der Waals surface area (Å²) in [7, 11) is 15.7. The van der Waals surface area contributed by atoms with E-state index in [-0.39, 0.29) is 0 Å². The first-order valence-electron chi connectivity index (χ1n) is 14.8. The Bertz CT molecular complexity index is 1660. The Morgan fingerprint density at radius 1 is 0.587 bits per heavy atom. The molecule has 0 heterocycles. The maximum atomic E-state index is 13.1. The normalized spacial score (nSPS) is 12.0. The number of amides is 2. The first-order chi connectivity index (χ1) is 21.7. The average Bonchev–Trinajstić information content (AvgIpc) is 3.00. The van der Waals surface area contributed by atoms with Gasteiger partial charge in [0.25, 0.3) is 0 Å². The van der Waals surface area contributed by atoms with E-state index in [4.69, 9.17) is 9.47 Å². The molecule has 4 aromatic carbocycles. The Morgan fingerprint density at radius 2 is 0.978 bits per heavy atom. The second-order valence-corrected chi connectivity index (χ2v) is 12.7. The van der Waals surface area contributed by atoms with Crippen molar-refractivity contribution in [2.45, 2.75) is 13.8 Å². The minimum atomic E-state index is -0.423. The number of aryl methyl sites for hydroxylation is 2. The minimum Gasteiger partial charge on any atom is -0.494 e. The lowest BCUT2D eigenvalue weighted by Crippen LogP contribution is -2.34. The highest BCUT2D eigenvalue weighted by Crippen LogP contribution is 2.37. The maximum Gasteiger partial charge on any atom is 0.323 e. The van der Waals surface area contributed by atoms with Crippen LogP contribution in [0.1, 0.15) is 11.1 Å². The summed E-state index contributed by atoms with van der Waals surface area (Å²) in [6, 6.07) is 22.5. The smallest absolute Gasteiger partial charge is 0.323 e. The highest BCUT2D eigenvalue weighted by atomic mass is 16.5. The van der Waals surface area contributed by atoms with Crippen molar-refractivity contribution in [2.24, 2.45) is 20.5 Å². The molecule has 46 heavy (non-hydrogen) atoms. The molecule has 2 amide bonds. The second kappa shape index (κ2) is 13.9. The van der Waals surface area contributed by atoms with Crippen LogP contribution in [0, 0.1) is 13.8 Å². The molecule has 0 aliphatic rings. The van der Waals surface area contributed by atoms with Gasteiger partial charge in [0, 0.05) is 35.6 Å². The van der Waals surface area contributed by atoms with E-state index < -0.39 is 6.03 Å². The molecule has 0 aliphatic heterocycles. The summed E-state index contributed by atoms with van der Waals surface area (Å²) in [5, 5.41) is 23.6. The molecule has 2 N–H and O–H groups in total. The van der Waals surface area contributed by atoms with Crippen molar-refractivity contribution in [3.05, 3.63) is 83.9 Å². The van der Waals surface area contributed by atoms with Gasteiger partial charge in [-0.25, -0.2) is 4.79 Å². The van der Waals surface area contributed by atoms with E-state index in [0.29, 0.717) is 43.2 Å². The van der Waals surface area contributed by atoms with Gasteiger partial charge in [0.05, 0.1) is 67.9 Å². The molecule has 0 radical (unpaired) electrons. The van der Waals surface area contributed by atoms with Gasteiger partial charge in [0.1, 0.15) is 34.2 Å². The quantitative estimate of drug-likeness (QED) is 0.136. The predicted molar refractivity (Wildman–Crippen MR) is 188 cm³/mol. The average molecular weight is 625 g/mol. The second-order valence-electron chi connectivity index (χ2n) is 12.7. The highest BCUT2D eigenvalue weighted by molar-refractivity contribution is 6.01. The molecule has 4 rings (SSSR count). The Labute approximate surface area is 271 Å². The molecule has 0 bridgehead atoms. The fourth-order valence-electron chi connectivity index (χ4n) is 4.54. The molecule has 240 valence electrons. The molecular formula is C35H44N8O3+2. The van der Waals surface area contributed by atoms with Crippen LogP contribution in [0.25, 0.3) is 0 Å². The number of hydrogen-bond acceptors (Lipinski definition) is 7. The summed E-state index contributed by atoms with van der Waals surface area (Å²) in [6.45, 7) is 3.77. The number of quaternary nitrogens is 2. The van der Waals surface area contributed by atoms with Gasteiger partial charge in [-0.15, -0.1) is 10.2 Å². The lowest BCUT2D eigenvalue weighted by Gasteiger charge is -2.23. The third-order valence-electron chi connectivity index (χ3n) is 7.30. The van der Waals surface area contributed by atoms with E-state index in [1.165, 1.54) is 0 Å². The maximum absolute atomic E-state index is 13.1. The van der Waals surface area contributed by atoms with Crippen molar-refractivity contribution in [1.82, 2.24) is 8.97 Å². The van der Waals surface area contributed by atoms with Crippen LogP contribution in [-0.2, 0) is 0 Å². The standard InChI is InChI=1S/C35H43N8O3/c1-23-17-31(40-38-25-13-11-15-27(19-25)42(3,4)5)33(45-9)21-29(23)36-35(44)37-30-22-34(46-10)32(18-24(30)2)41-39-26-14-12-16-28(20-26)43(6,7)8/h11-22H,1-10H3,(H-,36,37,38,39,44)/q+1/p+1. The number of nitrogens with one attached hydrogen (secondary N) is 2. The van der Waals surface area contributed by atoms with Crippen molar-refractivity contribution >= 4 is 51.5 Å². The number of urea groups is 1. The summed E-state index contributed by atoms with van der Waals surface area (Å²) in [4.78, 5) is 13.1. The Hall–Kier alpha value is -5.13. The summed E-state index contributed by atoms with van der Waals surface area (Å²) in [6.07, 6.45) is 0. The van der Waals surface area contributed by atoms with Crippen LogP contribution >= 0.6 is 0 Å². The zero-order chi connectivity index (χ0) is 33.6. The van der Waals surface area contributed by atoms with Crippen LogP contribution in [0.5, 0.6) is 11.5 Å². The Balaban J connectivity index is 1.50. The van der Waals surface area contributed by atoms with E-state index in [9.17, 15) is 4.79 Å². The third-order valence-corrected chi connectivity index (χ3v) is 7.30. The number of rotatable bonds is 10. The molecule has 11 heteroatoms. The van der Waals surface area contributed by atoms with Crippen molar-refractivity contribution < 1.29 is 14.3 Å². The molecular weight excluding hydrogens is 580 g/mol. The number of hydrogen-bond donors (Lipinski definition) is 2. The number of azo groups is 2. The van der Waals surface area contributed by atoms with Gasteiger partial charge in [-0.2, -0.15) is 10.2 Å². The monoisotopic (exact) mass is 624 g/mol. The van der Waals surface area contributed by atoms with Gasteiger partial charge in [-0.05, 0) is 61.4 Å². The third kappa shape index (κ3) is 8.52. The van der Waals surface area contributed by atoms with Crippen LogP contribution in [0.3, 0.4) is 0 Å². The summed E-state index contributed by atoms with van der Waals surface area (Å²) < 4.78 is 12.5. The van der Waals surface area contributed by atoms with E-state index in [1.54, 1.807) is 26.4 Å². The van der Waals surface area contributed by atoms with Gasteiger partial charge < -0.3 is 20.1 Å². The molecule has 0 unspecified atom stereocenters. The molecule has 0 spiro atoms. The number of anilines is 2. The number of benzene rings is 4. The molecule has 0 aromatic heterocycles. The molecule has 0 fully saturated rings. The van der Waals surface area contributed by atoms with Crippen LogP contribution in [0.15, 0.2) is 93.3 Å². The van der Waals surface area contributed by atoms with Gasteiger partial charge >= 0.3 is 6.03 Å². The Morgan fingerprint density at radius 3 is 1.33 bits per heavy atom. The minimum absolute atomic E-state index is 0.423. The van der Waals surface area contributed by atoms with Gasteiger partial charge in [0.2, 0.25) is 0 Å². The molecule has 4 aromatic rings. The fourth-order valence-corrected chi connectivity index (χ4v) is 4.54. The van der Waals surface area contributed by atoms with Crippen LogP contribution < -0.4 is 29.1 Å². The molecule has 0 saturated carbocycles. The number of nitrogens with zero attached hydrogens (tertiary/aromatic N) is 6. The zero-order valence-electron chi connectivity index (χ0n) is 28.3. The molecule has 0 saturated heterocycles. The SMILES string of the molecule is COc1cc(NC(=O)Nc2cc(OC)c(N=Nc3cccc([N+](C)(C)C)c3)cc2C)c(C)cc1N=Nc1cccc([N+](C)(C)C)c1. The van der Waals surface area contributed by atoms with Gasteiger partial charge in [0.15, 0.2) is 0 Å². The van der Waals surface area contributed by atoms with Crippen molar-refractivity contribution in [1.29, 1.82) is 0 Å². The number of carbonyl (C=O) groups is 1. The van der Waals surface area contributed by atoms with Crippen molar-refractivity contribution in [2.75, 3.05) is 67.1 Å². The van der Waals surface area contributed by atoms with Crippen LogP contribution in [0.4, 0.5) is 50.3 Å². The summed E-state index contributed by atoms with van der Waals surface area (Å²) in [5.74, 6) is 0.957. The number of ether oxygens (including phenoxy) is 2. The number of carbonyl (C=O) groups excluding carboxylic acids is 1. The zero-order valence-corrected chi connectivity index (χ0v) is 28.3. The highest BCUT2D eigenvalue weighted by Gasteiger charge is 2.16. The van der Waals surface area contributed by atoms with E-state index >= 15 is 0 Å². The first-order valence-corrected chi connectivity index (χ1v) is 14.8.